The van der Waals surface area contributed by atoms with E-state index in [1.54, 1.807) is 6.08 Å². The number of hydrogen-bond acceptors (Lipinski definition) is 4. The first-order chi connectivity index (χ1) is 12.6. The maximum atomic E-state index is 15.1. The molecule has 3 N–H and O–H groups in total. The third kappa shape index (κ3) is 2.22. The summed E-state index contributed by atoms with van der Waals surface area (Å²) in [4.78, 5) is 11.8. The van der Waals surface area contributed by atoms with Crippen LogP contribution in [0.3, 0.4) is 0 Å². The Morgan fingerprint density at radius 2 is 2.07 bits per heavy atom. The summed E-state index contributed by atoms with van der Waals surface area (Å²) in [6.07, 6.45) is 5.89. The summed E-state index contributed by atoms with van der Waals surface area (Å²) in [6.45, 7) is 5.36. The molecule has 0 spiro atoms. The zero-order valence-corrected chi connectivity index (χ0v) is 16.2. The van der Waals surface area contributed by atoms with E-state index in [0.29, 0.717) is 18.4 Å². The topological polar surface area (TPSA) is 77.8 Å². The van der Waals surface area contributed by atoms with Crippen LogP contribution < -0.4 is 0 Å². The highest BCUT2D eigenvalue weighted by Gasteiger charge is 2.66. The first-order valence-electron chi connectivity index (χ1n) is 9.91. The molecule has 0 aromatic carbocycles. The van der Waals surface area contributed by atoms with Crippen LogP contribution >= 0.6 is 0 Å². The average Bonchev–Trinajstić information content (AvgIpc) is 2.84. The van der Waals surface area contributed by atoms with Gasteiger partial charge in [-0.05, 0) is 49.2 Å². The third-order valence-corrected chi connectivity index (χ3v) is 8.31. The van der Waals surface area contributed by atoms with Gasteiger partial charge in [-0.3, -0.25) is 4.79 Å². The van der Waals surface area contributed by atoms with E-state index in [4.69, 9.17) is 0 Å². The van der Waals surface area contributed by atoms with Crippen LogP contribution in [0.4, 0.5) is 4.39 Å². The predicted molar refractivity (Wildman–Crippen MR) is 99.2 cm³/mol. The van der Waals surface area contributed by atoms with Crippen molar-refractivity contribution in [1.82, 2.24) is 0 Å². The van der Waals surface area contributed by atoms with Crippen LogP contribution in [-0.4, -0.2) is 39.4 Å². The van der Waals surface area contributed by atoms with Crippen molar-refractivity contribution in [3.63, 3.8) is 0 Å². The maximum Gasteiger partial charge on any atom is 0.159 e. The Kier molecular flexibility index (Phi) is 4.12. The Hall–Kier alpha value is -1.30. The van der Waals surface area contributed by atoms with Crippen molar-refractivity contribution >= 4 is 5.78 Å². The van der Waals surface area contributed by atoms with E-state index in [1.807, 2.05) is 26.8 Å². The number of aliphatic hydroxyl groups is 3. The fraction of sp³-hybridized carbons (Fsp3) is 0.682. The van der Waals surface area contributed by atoms with Crippen molar-refractivity contribution in [3.8, 4) is 0 Å². The van der Waals surface area contributed by atoms with Crippen LogP contribution in [0.25, 0.3) is 0 Å². The van der Waals surface area contributed by atoms with E-state index in [0.717, 1.165) is 5.57 Å². The van der Waals surface area contributed by atoms with Gasteiger partial charge in [-0.25, -0.2) is 4.39 Å². The van der Waals surface area contributed by atoms with Gasteiger partial charge in [0.1, 0.15) is 17.5 Å². The van der Waals surface area contributed by atoms with Crippen LogP contribution in [-0.2, 0) is 4.79 Å². The van der Waals surface area contributed by atoms with Gasteiger partial charge >= 0.3 is 0 Å². The van der Waals surface area contributed by atoms with Gasteiger partial charge in [0.15, 0.2) is 5.78 Å². The lowest BCUT2D eigenvalue weighted by Gasteiger charge is -2.54. The first-order valence-corrected chi connectivity index (χ1v) is 9.91. The molecule has 0 amide bonds. The summed E-state index contributed by atoms with van der Waals surface area (Å²) in [5.74, 6) is -0.529. The summed E-state index contributed by atoms with van der Waals surface area (Å²) in [5.41, 5.74) is -0.904. The van der Waals surface area contributed by atoms with Crippen molar-refractivity contribution in [2.24, 2.45) is 28.6 Å². The van der Waals surface area contributed by atoms with Crippen molar-refractivity contribution in [2.75, 3.05) is 6.61 Å². The van der Waals surface area contributed by atoms with E-state index in [9.17, 15) is 20.1 Å². The van der Waals surface area contributed by atoms with E-state index in [2.05, 4.69) is 6.08 Å². The molecular weight excluding hydrogens is 347 g/mol. The van der Waals surface area contributed by atoms with Crippen molar-refractivity contribution in [3.05, 3.63) is 35.2 Å². The Morgan fingerprint density at radius 1 is 1.37 bits per heavy atom. The van der Waals surface area contributed by atoms with Crippen molar-refractivity contribution < 1.29 is 24.5 Å². The van der Waals surface area contributed by atoms with Gasteiger partial charge < -0.3 is 15.3 Å². The molecule has 0 radical (unpaired) electrons. The highest BCUT2D eigenvalue weighted by molar-refractivity contribution is 5.94. The molecule has 7 atom stereocenters. The maximum absolute atomic E-state index is 15.1. The van der Waals surface area contributed by atoms with Gasteiger partial charge in [0.2, 0.25) is 0 Å². The van der Waals surface area contributed by atoms with Gasteiger partial charge in [0.25, 0.3) is 0 Å². The molecule has 148 valence electrons. The fourth-order valence-electron chi connectivity index (χ4n) is 6.73. The summed E-state index contributed by atoms with van der Waals surface area (Å²) in [6, 6.07) is 0. The lowest BCUT2D eigenvalue weighted by Crippen LogP contribution is -2.59. The molecule has 0 heterocycles. The number of carbonyl (C=O) groups is 1. The van der Waals surface area contributed by atoms with Crippen LogP contribution in [0.5, 0.6) is 0 Å². The SMILES string of the molecule is C[C@H]1C[C@H]2[C@@H]3CC(F)=C4CC(=O)C=C[C@]4(C)C3=CC[C@]2(C)[C@@]1(O)C(O)CO. The molecule has 5 heteroatoms. The van der Waals surface area contributed by atoms with E-state index >= 15 is 4.39 Å². The number of fused-ring (bicyclic) bond motifs is 5. The van der Waals surface area contributed by atoms with Crippen molar-refractivity contribution in [2.45, 2.75) is 58.2 Å². The second-order valence-corrected chi connectivity index (χ2v) is 9.42. The van der Waals surface area contributed by atoms with E-state index < -0.39 is 29.1 Å². The minimum Gasteiger partial charge on any atom is -0.394 e. The Labute approximate surface area is 159 Å². The Morgan fingerprint density at radius 3 is 2.74 bits per heavy atom. The zero-order valence-electron chi connectivity index (χ0n) is 16.2. The number of hydrogen-bond donors (Lipinski definition) is 3. The number of halogens is 1. The van der Waals surface area contributed by atoms with E-state index in [-0.39, 0.29) is 42.2 Å². The molecule has 4 aliphatic rings. The number of carbonyl (C=O) groups excluding carboxylic acids is 1. The summed E-state index contributed by atoms with van der Waals surface area (Å²) in [7, 11) is 0. The summed E-state index contributed by atoms with van der Waals surface area (Å²) in [5, 5.41) is 31.5. The van der Waals surface area contributed by atoms with Crippen LogP contribution in [0.15, 0.2) is 35.2 Å². The second kappa shape index (κ2) is 5.85. The smallest absolute Gasteiger partial charge is 0.159 e. The largest absolute Gasteiger partial charge is 0.394 e. The number of rotatable bonds is 2. The standard InChI is InChI=1S/C22H29FO4/c1-12-8-16-14-10-18(23)17-9-13(25)4-6-20(17,2)15(14)5-7-21(16,3)22(12,27)19(26)11-24/h4-6,12,14,16,19,24,26-27H,7-11H2,1-3H3/t12-,14+,16-,19?,20+,21-,22-/m0/s1. The van der Waals surface area contributed by atoms with Gasteiger partial charge in [-0.1, -0.05) is 31.6 Å². The van der Waals surface area contributed by atoms with Gasteiger partial charge in [-0.2, -0.15) is 0 Å². The van der Waals surface area contributed by atoms with Crippen LogP contribution in [0, 0.1) is 28.6 Å². The molecule has 0 saturated heterocycles. The minimum absolute atomic E-state index is 0.00820. The summed E-state index contributed by atoms with van der Waals surface area (Å²) < 4.78 is 15.1. The first kappa shape index (κ1) is 19.0. The normalized spacial score (nSPS) is 47.3. The quantitative estimate of drug-likeness (QED) is 0.648. The molecule has 0 aromatic heterocycles. The molecule has 0 aromatic rings. The Bertz CT molecular complexity index is 783. The Balaban J connectivity index is 1.82. The van der Waals surface area contributed by atoms with Crippen LogP contribution in [0.2, 0.25) is 0 Å². The highest BCUT2D eigenvalue weighted by Crippen LogP contribution is 2.67. The molecule has 4 aliphatic carbocycles. The molecular formula is C22H29FO4. The molecule has 1 fully saturated rings. The lowest BCUT2D eigenvalue weighted by atomic mass is 9.51. The predicted octanol–water partition coefficient (Wildman–Crippen LogP) is 2.84. The molecule has 1 saturated carbocycles. The minimum atomic E-state index is -1.41. The number of aliphatic hydroxyl groups excluding tert-OH is 2. The third-order valence-electron chi connectivity index (χ3n) is 8.31. The molecule has 27 heavy (non-hydrogen) atoms. The number of allylic oxidation sites excluding steroid dienone is 6. The second-order valence-electron chi connectivity index (χ2n) is 9.42. The summed E-state index contributed by atoms with van der Waals surface area (Å²) >= 11 is 0. The molecule has 4 rings (SSSR count). The monoisotopic (exact) mass is 376 g/mol. The molecule has 0 bridgehead atoms. The average molecular weight is 376 g/mol. The van der Waals surface area contributed by atoms with E-state index in [1.165, 1.54) is 0 Å². The van der Waals surface area contributed by atoms with Gasteiger partial charge in [-0.15, -0.1) is 0 Å². The van der Waals surface area contributed by atoms with Crippen LogP contribution in [0.1, 0.15) is 46.5 Å². The molecule has 1 unspecified atom stereocenters. The molecule has 4 nitrogen and oxygen atoms in total. The van der Waals surface area contributed by atoms with Gasteiger partial charge in [0, 0.05) is 23.7 Å². The lowest BCUT2D eigenvalue weighted by molar-refractivity contribution is -0.180. The fourth-order valence-corrected chi connectivity index (χ4v) is 6.73. The molecule has 0 aliphatic heterocycles. The number of ketones is 1. The zero-order chi connectivity index (χ0) is 19.8. The van der Waals surface area contributed by atoms with Gasteiger partial charge in [0.05, 0.1) is 6.61 Å². The van der Waals surface area contributed by atoms with Crippen molar-refractivity contribution in [1.29, 1.82) is 0 Å². The highest BCUT2D eigenvalue weighted by atomic mass is 19.1.